The van der Waals surface area contributed by atoms with Gasteiger partial charge in [0.1, 0.15) is 0 Å². The first-order valence-electron chi connectivity index (χ1n) is 8.42. The zero-order valence-electron chi connectivity index (χ0n) is 13.3. The van der Waals surface area contributed by atoms with Crippen molar-refractivity contribution in [1.29, 1.82) is 0 Å². The second kappa shape index (κ2) is 6.91. The smallest absolute Gasteiger partial charge is 0.0707 e. The lowest BCUT2D eigenvalue weighted by Gasteiger charge is -2.36. The largest absolute Gasteiger partial charge is 0.372 e. The normalized spacial score (nSPS) is 28.5. The molecule has 4 unspecified atom stereocenters. The molecule has 0 saturated carbocycles. The Balaban J connectivity index is 1.63. The summed E-state index contributed by atoms with van der Waals surface area (Å²) in [4.78, 5) is 2.61. The van der Waals surface area contributed by atoms with Crippen LogP contribution in [0.5, 0.6) is 0 Å². The molecule has 0 amide bonds. The van der Waals surface area contributed by atoms with Gasteiger partial charge in [-0.2, -0.15) is 0 Å². The van der Waals surface area contributed by atoms with Gasteiger partial charge in [0.2, 0.25) is 0 Å². The standard InChI is InChI=1S/C18H28N2O/c1-3-19-18(15-7-5-4-6-8-15)14(2)11-20-12-16-9-10-17(13-20)21-16/h4-8,14,16-19H,3,9-13H2,1-2H3. The van der Waals surface area contributed by atoms with E-state index in [2.05, 4.69) is 54.4 Å². The lowest BCUT2D eigenvalue weighted by atomic mass is 9.93. The molecule has 1 aromatic rings. The van der Waals surface area contributed by atoms with Crippen molar-refractivity contribution in [2.75, 3.05) is 26.2 Å². The maximum Gasteiger partial charge on any atom is 0.0707 e. The van der Waals surface area contributed by atoms with Crippen molar-refractivity contribution in [1.82, 2.24) is 10.2 Å². The molecule has 0 radical (unpaired) electrons. The number of hydrogen-bond acceptors (Lipinski definition) is 3. The summed E-state index contributed by atoms with van der Waals surface area (Å²) >= 11 is 0. The molecule has 3 nitrogen and oxygen atoms in total. The quantitative estimate of drug-likeness (QED) is 0.871. The molecule has 21 heavy (non-hydrogen) atoms. The van der Waals surface area contributed by atoms with Gasteiger partial charge in [-0.3, -0.25) is 4.90 Å². The van der Waals surface area contributed by atoms with Gasteiger partial charge in [-0.15, -0.1) is 0 Å². The number of morpholine rings is 1. The Morgan fingerprint density at radius 2 is 1.86 bits per heavy atom. The molecule has 2 aliphatic heterocycles. The van der Waals surface area contributed by atoms with Gasteiger partial charge >= 0.3 is 0 Å². The third-order valence-electron chi connectivity index (χ3n) is 4.82. The van der Waals surface area contributed by atoms with E-state index in [-0.39, 0.29) is 0 Å². The lowest BCUT2D eigenvalue weighted by molar-refractivity contribution is -0.0432. The predicted molar refractivity (Wildman–Crippen MR) is 86.4 cm³/mol. The van der Waals surface area contributed by atoms with Gasteiger partial charge in [0, 0.05) is 25.7 Å². The van der Waals surface area contributed by atoms with Gasteiger partial charge in [-0.1, -0.05) is 44.2 Å². The van der Waals surface area contributed by atoms with E-state index >= 15 is 0 Å². The van der Waals surface area contributed by atoms with Crippen LogP contribution in [-0.2, 0) is 4.74 Å². The number of nitrogens with one attached hydrogen (secondary N) is 1. The van der Waals surface area contributed by atoms with E-state index in [1.807, 2.05) is 0 Å². The summed E-state index contributed by atoms with van der Waals surface area (Å²) in [5.41, 5.74) is 1.41. The van der Waals surface area contributed by atoms with Crippen molar-refractivity contribution in [3.8, 4) is 0 Å². The lowest BCUT2D eigenvalue weighted by Crippen LogP contribution is -2.46. The fourth-order valence-electron chi connectivity index (χ4n) is 3.89. The molecule has 3 rings (SSSR count). The molecule has 1 N–H and O–H groups in total. The molecular formula is C18H28N2O. The molecule has 3 heteroatoms. The average Bonchev–Trinajstić information content (AvgIpc) is 2.84. The first-order valence-corrected chi connectivity index (χ1v) is 8.42. The number of hydrogen-bond donors (Lipinski definition) is 1. The highest BCUT2D eigenvalue weighted by Gasteiger charge is 2.34. The van der Waals surface area contributed by atoms with Gasteiger partial charge in [0.15, 0.2) is 0 Å². The molecule has 0 aromatic heterocycles. The maximum atomic E-state index is 5.94. The molecule has 2 aliphatic rings. The highest BCUT2D eigenvalue weighted by atomic mass is 16.5. The zero-order valence-corrected chi connectivity index (χ0v) is 13.3. The molecular weight excluding hydrogens is 260 g/mol. The van der Waals surface area contributed by atoms with Crippen LogP contribution in [0.4, 0.5) is 0 Å². The topological polar surface area (TPSA) is 24.5 Å². The van der Waals surface area contributed by atoms with Gasteiger partial charge in [0.05, 0.1) is 12.2 Å². The minimum absolute atomic E-state index is 0.441. The third kappa shape index (κ3) is 3.65. The zero-order chi connectivity index (χ0) is 14.7. The molecule has 1 aromatic carbocycles. The molecule has 116 valence electrons. The molecule has 0 aliphatic carbocycles. The molecule has 0 spiro atoms. The average molecular weight is 288 g/mol. The molecule has 2 bridgehead atoms. The Bertz CT molecular complexity index is 424. The third-order valence-corrected chi connectivity index (χ3v) is 4.82. The Hall–Kier alpha value is -0.900. The summed E-state index contributed by atoms with van der Waals surface area (Å²) in [6, 6.07) is 11.3. The number of likely N-dealkylation sites (tertiary alicyclic amines) is 1. The predicted octanol–water partition coefficient (Wildman–Crippen LogP) is 2.84. The van der Waals surface area contributed by atoms with E-state index in [9.17, 15) is 0 Å². The van der Waals surface area contributed by atoms with E-state index in [0.29, 0.717) is 24.2 Å². The Morgan fingerprint density at radius 1 is 1.19 bits per heavy atom. The van der Waals surface area contributed by atoms with Crippen molar-refractivity contribution in [3.05, 3.63) is 35.9 Å². The molecule has 2 heterocycles. The van der Waals surface area contributed by atoms with E-state index in [0.717, 1.165) is 26.2 Å². The van der Waals surface area contributed by atoms with Gasteiger partial charge in [-0.05, 0) is 30.9 Å². The minimum atomic E-state index is 0.441. The van der Waals surface area contributed by atoms with Crippen molar-refractivity contribution in [3.63, 3.8) is 0 Å². The Kier molecular flexibility index (Phi) is 4.94. The monoisotopic (exact) mass is 288 g/mol. The Morgan fingerprint density at radius 3 is 2.48 bits per heavy atom. The highest BCUT2D eigenvalue weighted by Crippen LogP contribution is 2.29. The van der Waals surface area contributed by atoms with Crippen LogP contribution in [0.1, 0.15) is 38.3 Å². The second-order valence-electron chi connectivity index (χ2n) is 6.60. The van der Waals surface area contributed by atoms with Gasteiger partial charge < -0.3 is 10.1 Å². The van der Waals surface area contributed by atoms with Crippen LogP contribution >= 0.6 is 0 Å². The van der Waals surface area contributed by atoms with E-state index in [1.165, 1.54) is 18.4 Å². The van der Waals surface area contributed by atoms with E-state index < -0.39 is 0 Å². The van der Waals surface area contributed by atoms with Crippen LogP contribution in [0.25, 0.3) is 0 Å². The van der Waals surface area contributed by atoms with Gasteiger partial charge in [-0.25, -0.2) is 0 Å². The number of nitrogens with zero attached hydrogens (tertiary/aromatic N) is 1. The second-order valence-corrected chi connectivity index (χ2v) is 6.60. The van der Waals surface area contributed by atoms with Crippen molar-refractivity contribution in [2.45, 2.75) is 44.9 Å². The van der Waals surface area contributed by atoms with Crippen molar-refractivity contribution < 1.29 is 4.74 Å². The minimum Gasteiger partial charge on any atom is -0.372 e. The summed E-state index contributed by atoms with van der Waals surface area (Å²) < 4.78 is 5.94. The van der Waals surface area contributed by atoms with Crippen LogP contribution < -0.4 is 5.32 Å². The summed E-state index contributed by atoms with van der Waals surface area (Å²) in [5, 5.41) is 3.67. The van der Waals surface area contributed by atoms with Crippen LogP contribution in [0.15, 0.2) is 30.3 Å². The summed E-state index contributed by atoms with van der Waals surface area (Å²) in [6.07, 6.45) is 3.49. The number of rotatable bonds is 6. The first-order chi connectivity index (χ1) is 10.3. The van der Waals surface area contributed by atoms with Crippen molar-refractivity contribution in [2.24, 2.45) is 5.92 Å². The van der Waals surface area contributed by atoms with E-state index in [1.54, 1.807) is 0 Å². The summed E-state index contributed by atoms with van der Waals surface area (Å²) in [6.45, 7) is 8.97. The summed E-state index contributed by atoms with van der Waals surface area (Å²) in [7, 11) is 0. The Labute approximate surface area is 128 Å². The number of benzene rings is 1. The highest BCUT2D eigenvalue weighted by molar-refractivity contribution is 5.19. The van der Waals surface area contributed by atoms with Crippen molar-refractivity contribution >= 4 is 0 Å². The first kappa shape index (κ1) is 15.0. The molecule has 2 saturated heterocycles. The summed E-state index contributed by atoms with van der Waals surface area (Å²) in [5.74, 6) is 0.602. The van der Waals surface area contributed by atoms with Crippen LogP contribution in [-0.4, -0.2) is 43.3 Å². The number of fused-ring (bicyclic) bond motifs is 2. The fourth-order valence-corrected chi connectivity index (χ4v) is 3.89. The maximum absolute atomic E-state index is 5.94. The number of ether oxygens (including phenoxy) is 1. The van der Waals surface area contributed by atoms with Gasteiger partial charge in [0.25, 0.3) is 0 Å². The van der Waals surface area contributed by atoms with E-state index in [4.69, 9.17) is 4.74 Å². The van der Waals surface area contributed by atoms with Crippen LogP contribution in [0.2, 0.25) is 0 Å². The SMILES string of the molecule is CCNC(c1ccccc1)C(C)CN1CC2CCC(C1)O2. The van der Waals surface area contributed by atoms with Crippen LogP contribution in [0, 0.1) is 5.92 Å². The fraction of sp³-hybridized carbons (Fsp3) is 0.667. The molecule has 2 fully saturated rings. The molecule has 4 atom stereocenters. The van der Waals surface area contributed by atoms with Crippen LogP contribution in [0.3, 0.4) is 0 Å².